The summed E-state index contributed by atoms with van der Waals surface area (Å²) in [5, 5.41) is 0.685. The third-order valence-electron chi connectivity index (χ3n) is 0.966. The van der Waals surface area contributed by atoms with Crippen LogP contribution in [0.1, 0.15) is 6.92 Å². The summed E-state index contributed by atoms with van der Waals surface area (Å²) in [6.45, 7) is 1.60. The largest absolute Gasteiger partial charge is 0.476 e. The molecule has 0 saturated carbocycles. The maximum absolute atomic E-state index is 10.5. The van der Waals surface area contributed by atoms with Gasteiger partial charge in [0.15, 0.2) is 10.8 Å². The van der Waals surface area contributed by atoms with Gasteiger partial charge >= 0.3 is 0 Å². The van der Waals surface area contributed by atoms with Crippen molar-refractivity contribution in [3.8, 4) is 5.06 Å². The van der Waals surface area contributed by atoms with Crippen LogP contribution in [0, 0.1) is 0 Å². The minimum atomic E-state index is 0.00882. The van der Waals surface area contributed by atoms with Crippen LogP contribution in [-0.4, -0.2) is 12.4 Å². The predicted octanol–water partition coefficient (Wildman–Crippen LogP) is 2.37. The highest BCUT2D eigenvalue weighted by atomic mass is 35.5. The van der Waals surface area contributed by atoms with Gasteiger partial charge in [0.2, 0.25) is 0 Å². The molecule has 1 rings (SSSR count). The second-order valence-electron chi connectivity index (χ2n) is 2.05. The molecule has 1 heterocycles. The van der Waals surface area contributed by atoms with Crippen molar-refractivity contribution in [2.45, 2.75) is 6.92 Å². The lowest BCUT2D eigenvalue weighted by Gasteiger charge is -1.96. The van der Waals surface area contributed by atoms with Gasteiger partial charge in [-0.3, -0.25) is 4.79 Å². The number of hydrogen-bond donors (Lipinski definition) is 0. The van der Waals surface area contributed by atoms with Gasteiger partial charge in [0.1, 0.15) is 6.61 Å². The number of thiophene rings is 1. The molecule has 0 N–H and O–H groups in total. The molecule has 0 saturated heterocycles. The van der Waals surface area contributed by atoms with E-state index in [1.807, 2.05) is 0 Å². The molecule has 0 aliphatic carbocycles. The Morgan fingerprint density at radius 1 is 1.73 bits per heavy atom. The van der Waals surface area contributed by atoms with Crippen LogP contribution < -0.4 is 4.74 Å². The Kier molecular flexibility index (Phi) is 2.91. The minimum absolute atomic E-state index is 0.00882. The zero-order valence-corrected chi connectivity index (χ0v) is 7.54. The summed E-state index contributed by atoms with van der Waals surface area (Å²) in [4.78, 5) is 10.5. The molecule has 2 nitrogen and oxygen atoms in total. The molecule has 0 fully saturated rings. The minimum Gasteiger partial charge on any atom is -0.476 e. The zero-order valence-electron chi connectivity index (χ0n) is 5.96. The van der Waals surface area contributed by atoms with E-state index in [0.29, 0.717) is 9.40 Å². The maximum Gasteiger partial charge on any atom is 0.175 e. The van der Waals surface area contributed by atoms with Gasteiger partial charge in [-0.05, 0) is 19.1 Å². The Morgan fingerprint density at radius 2 is 2.45 bits per heavy atom. The molecule has 0 amide bonds. The first-order valence-electron chi connectivity index (χ1n) is 3.06. The van der Waals surface area contributed by atoms with Gasteiger partial charge in [-0.25, -0.2) is 0 Å². The summed E-state index contributed by atoms with van der Waals surface area (Å²) < 4.78 is 5.74. The van der Waals surface area contributed by atoms with E-state index in [2.05, 4.69) is 0 Å². The summed E-state index contributed by atoms with van der Waals surface area (Å²) >= 11 is 6.95. The molecular weight excluding hydrogens is 184 g/mol. The van der Waals surface area contributed by atoms with Crippen LogP contribution in [-0.2, 0) is 4.79 Å². The first-order chi connectivity index (χ1) is 5.18. The molecular formula is C7H7ClO2S. The lowest BCUT2D eigenvalue weighted by molar-refractivity contribution is -0.118. The van der Waals surface area contributed by atoms with E-state index >= 15 is 0 Å². The SMILES string of the molecule is CC(=O)COc1ccc(Cl)s1. The number of ketones is 1. The molecule has 0 aromatic carbocycles. The van der Waals surface area contributed by atoms with Crippen LogP contribution in [0.5, 0.6) is 5.06 Å². The topological polar surface area (TPSA) is 26.3 Å². The first kappa shape index (κ1) is 8.56. The van der Waals surface area contributed by atoms with Crippen LogP contribution >= 0.6 is 22.9 Å². The molecule has 0 atom stereocenters. The van der Waals surface area contributed by atoms with Crippen LogP contribution in [0.2, 0.25) is 4.34 Å². The molecule has 0 aliphatic rings. The zero-order chi connectivity index (χ0) is 8.27. The highest BCUT2D eigenvalue weighted by Crippen LogP contribution is 2.27. The fourth-order valence-corrected chi connectivity index (χ4v) is 1.42. The summed E-state index contributed by atoms with van der Waals surface area (Å²) in [6.07, 6.45) is 0. The normalized spacial score (nSPS) is 9.64. The van der Waals surface area contributed by atoms with Crippen molar-refractivity contribution in [1.82, 2.24) is 0 Å². The highest BCUT2D eigenvalue weighted by molar-refractivity contribution is 7.17. The van der Waals surface area contributed by atoms with Crippen LogP contribution in [0.25, 0.3) is 0 Å². The maximum atomic E-state index is 10.5. The second kappa shape index (κ2) is 3.74. The number of rotatable bonds is 3. The third-order valence-corrected chi connectivity index (χ3v) is 2.11. The lowest BCUT2D eigenvalue weighted by atomic mass is 10.5. The number of halogens is 1. The van der Waals surface area contributed by atoms with Crippen molar-refractivity contribution in [2.75, 3.05) is 6.61 Å². The molecule has 4 heteroatoms. The van der Waals surface area contributed by atoms with E-state index in [1.165, 1.54) is 18.3 Å². The van der Waals surface area contributed by atoms with E-state index < -0.39 is 0 Å². The predicted molar refractivity (Wildman–Crippen MR) is 45.5 cm³/mol. The van der Waals surface area contributed by atoms with Gasteiger partial charge in [-0.2, -0.15) is 0 Å². The van der Waals surface area contributed by atoms with Crippen LogP contribution in [0.3, 0.4) is 0 Å². The lowest BCUT2D eigenvalue weighted by Crippen LogP contribution is -2.05. The number of carbonyl (C=O) groups excluding carboxylic acids is 1. The highest BCUT2D eigenvalue weighted by Gasteiger charge is 1.99. The molecule has 1 aromatic heterocycles. The molecule has 11 heavy (non-hydrogen) atoms. The Hall–Kier alpha value is -0.540. The number of Topliss-reactive ketones (excluding diaryl/α,β-unsaturated/α-hetero) is 1. The van der Waals surface area contributed by atoms with Gasteiger partial charge in [-0.1, -0.05) is 22.9 Å². The fourth-order valence-electron chi connectivity index (χ4n) is 0.548. The number of ether oxygens (including phenoxy) is 1. The van der Waals surface area contributed by atoms with E-state index in [4.69, 9.17) is 16.3 Å². The van der Waals surface area contributed by atoms with E-state index in [-0.39, 0.29) is 12.4 Å². The molecule has 0 bridgehead atoms. The standard InChI is InChI=1S/C7H7ClO2S/c1-5(9)4-10-7-3-2-6(8)11-7/h2-3H,4H2,1H3. The monoisotopic (exact) mass is 190 g/mol. The van der Waals surface area contributed by atoms with Gasteiger partial charge < -0.3 is 4.74 Å². The van der Waals surface area contributed by atoms with E-state index in [1.54, 1.807) is 12.1 Å². The molecule has 60 valence electrons. The van der Waals surface area contributed by atoms with Crippen LogP contribution in [0.15, 0.2) is 12.1 Å². The molecule has 0 radical (unpaired) electrons. The van der Waals surface area contributed by atoms with Gasteiger partial charge in [0, 0.05) is 0 Å². The number of carbonyl (C=O) groups is 1. The average Bonchev–Trinajstić information content (AvgIpc) is 2.31. The van der Waals surface area contributed by atoms with Crippen molar-refractivity contribution in [3.63, 3.8) is 0 Å². The molecule has 0 spiro atoms. The average molecular weight is 191 g/mol. The second-order valence-corrected chi connectivity index (χ2v) is 3.73. The summed E-state index contributed by atoms with van der Waals surface area (Å²) in [5.41, 5.74) is 0. The smallest absolute Gasteiger partial charge is 0.175 e. The van der Waals surface area contributed by atoms with E-state index in [0.717, 1.165) is 0 Å². The van der Waals surface area contributed by atoms with Crippen molar-refractivity contribution in [1.29, 1.82) is 0 Å². The van der Waals surface area contributed by atoms with Gasteiger partial charge in [-0.15, -0.1) is 0 Å². The number of hydrogen-bond acceptors (Lipinski definition) is 3. The van der Waals surface area contributed by atoms with E-state index in [9.17, 15) is 4.79 Å². The van der Waals surface area contributed by atoms with Crippen molar-refractivity contribution in [3.05, 3.63) is 16.5 Å². The van der Waals surface area contributed by atoms with Crippen molar-refractivity contribution < 1.29 is 9.53 Å². The fraction of sp³-hybridized carbons (Fsp3) is 0.286. The molecule has 0 aliphatic heterocycles. The van der Waals surface area contributed by atoms with Gasteiger partial charge in [0.25, 0.3) is 0 Å². The Labute approximate surface area is 73.7 Å². The Bertz CT molecular complexity index is 257. The van der Waals surface area contributed by atoms with Crippen LogP contribution in [0.4, 0.5) is 0 Å². The van der Waals surface area contributed by atoms with Crippen molar-refractivity contribution in [2.24, 2.45) is 0 Å². The van der Waals surface area contributed by atoms with Gasteiger partial charge in [0.05, 0.1) is 4.34 Å². The molecule has 1 aromatic rings. The Balaban J connectivity index is 2.45. The summed E-state index contributed by atoms with van der Waals surface area (Å²) in [6, 6.07) is 3.48. The van der Waals surface area contributed by atoms with Crippen molar-refractivity contribution >= 4 is 28.7 Å². The Morgan fingerprint density at radius 3 is 2.91 bits per heavy atom. The molecule has 0 unspecified atom stereocenters. The summed E-state index contributed by atoms with van der Waals surface area (Å²) in [7, 11) is 0. The first-order valence-corrected chi connectivity index (χ1v) is 4.25. The third kappa shape index (κ3) is 2.91. The quantitative estimate of drug-likeness (QED) is 0.732. The summed E-state index contributed by atoms with van der Waals surface area (Å²) in [5.74, 6) is 0.00882.